The summed E-state index contributed by atoms with van der Waals surface area (Å²) in [5.74, 6) is 2.73. The van der Waals surface area contributed by atoms with Crippen molar-refractivity contribution < 1.29 is 14.6 Å². The third-order valence-electron chi connectivity index (χ3n) is 9.85. The molecule has 4 heteroatoms. The summed E-state index contributed by atoms with van der Waals surface area (Å²) in [5, 5.41) is 11.5. The highest BCUT2D eigenvalue weighted by molar-refractivity contribution is 6.23. The van der Waals surface area contributed by atoms with E-state index < -0.39 is 5.60 Å². The Morgan fingerprint density at radius 2 is 1.84 bits per heavy atom. The largest absolute Gasteiger partial charge is 0.387 e. The Bertz CT molecular complexity index is 936. The lowest BCUT2D eigenvalue weighted by Crippen LogP contribution is -2.54. The Labute approximate surface area is 193 Å². The molecule has 0 spiro atoms. The Kier molecular flexibility index (Phi) is 5.53. The van der Waals surface area contributed by atoms with Crippen LogP contribution in [0, 0.1) is 29.1 Å². The predicted molar refractivity (Wildman–Crippen MR) is 129 cm³/mol. The molecular formula is C28H39NO3. The van der Waals surface area contributed by atoms with E-state index in [2.05, 4.69) is 50.2 Å². The number of hydrogen-bond acceptors (Lipinski definition) is 4. The van der Waals surface area contributed by atoms with Crippen molar-refractivity contribution in [2.75, 3.05) is 32.7 Å². The Balaban J connectivity index is 1.51. The highest BCUT2D eigenvalue weighted by Crippen LogP contribution is 2.65. The van der Waals surface area contributed by atoms with Crippen LogP contribution in [0.3, 0.4) is 0 Å². The highest BCUT2D eigenvalue weighted by Gasteiger charge is 2.62. The molecule has 0 unspecified atom stereocenters. The van der Waals surface area contributed by atoms with E-state index in [1.807, 2.05) is 0 Å². The van der Waals surface area contributed by atoms with Gasteiger partial charge < -0.3 is 14.7 Å². The number of benzene rings is 1. The summed E-state index contributed by atoms with van der Waals surface area (Å²) in [5.41, 5.74) is 3.99. The lowest BCUT2D eigenvalue weighted by atomic mass is 9.50. The second-order valence-corrected chi connectivity index (χ2v) is 11.3. The topological polar surface area (TPSA) is 49.8 Å². The fourth-order valence-corrected chi connectivity index (χ4v) is 8.27. The van der Waals surface area contributed by atoms with Crippen molar-refractivity contribution in [1.82, 2.24) is 0 Å². The fourth-order valence-electron chi connectivity index (χ4n) is 8.27. The minimum absolute atomic E-state index is 0.0454. The highest BCUT2D eigenvalue weighted by atomic mass is 16.5. The molecule has 3 saturated carbocycles. The van der Waals surface area contributed by atoms with E-state index in [1.165, 1.54) is 5.57 Å². The third-order valence-corrected chi connectivity index (χ3v) is 9.85. The van der Waals surface area contributed by atoms with Gasteiger partial charge in [0.2, 0.25) is 0 Å². The van der Waals surface area contributed by atoms with Crippen LogP contribution in [-0.2, 0) is 9.53 Å². The number of fused-ring (bicyclic) bond motifs is 5. The monoisotopic (exact) mass is 437 g/mol. The number of para-hydroxylation sites is 1. The van der Waals surface area contributed by atoms with Crippen molar-refractivity contribution >= 4 is 17.0 Å². The molecule has 1 aromatic rings. The molecule has 0 amide bonds. The van der Waals surface area contributed by atoms with Crippen LogP contribution in [-0.4, -0.2) is 44.3 Å². The molecule has 0 heterocycles. The number of carbonyl (C=O) groups is 1. The van der Waals surface area contributed by atoms with Gasteiger partial charge >= 0.3 is 0 Å². The lowest BCUT2D eigenvalue weighted by Gasteiger charge is -2.56. The molecule has 174 valence electrons. The van der Waals surface area contributed by atoms with Crippen molar-refractivity contribution in [3.63, 3.8) is 0 Å². The van der Waals surface area contributed by atoms with Crippen LogP contribution in [0.1, 0.15) is 63.9 Å². The second kappa shape index (κ2) is 7.99. The van der Waals surface area contributed by atoms with Gasteiger partial charge in [-0.3, -0.25) is 4.79 Å². The number of hydrogen-bond donors (Lipinski definition) is 1. The zero-order valence-corrected chi connectivity index (χ0v) is 20.2. The predicted octanol–water partition coefficient (Wildman–Crippen LogP) is 5.10. The number of anilines is 1. The van der Waals surface area contributed by atoms with Crippen LogP contribution < -0.4 is 4.90 Å². The summed E-state index contributed by atoms with van der Waals surface area (Å²) in [4.78, 5) is 15.4. The number of allylic oxidation sites excluding steroid dienone is 1. The van der Waals surface area contributed by atoms with Gasteiger partial charge in [0.25, 0.3) is 0 Å². The Morgan fingerprint density at radius 1 is 1.06 bits per heavy atom. The molecule has 32 heavy (non-hydrogen) atoms. The van der Waals surface area contributed by atoms with Crippen LogP contribution in [0.5, 0.6) is 0 Å². The number of rotatable bonds is 4. The molecule has 1 N–H and O–H groups in total. The molecule has 0 bridgehead atoms. The van der Waals surface area contributed by atoms with Gasteiger partial charge in [0, 0.05) is 49.9 Å². The molecule has 5 rings (SSSR count). The van der Waals surface area contributed by atoms with Crippen molar-refractivity contribution in [2.24, 2.45) is 29.1 Å². The van der Waals surface area contributed by atoms with Gasteiger partial charge in [-0.2, -0.15) is 0 Å². The van der Waals surface area contributed by atoms with Gasteiger partial charge in [-0.1, -0.05) is 30.7 Å². The first-order chi connectivity index (χ1) is 15.3. The van der Waals surface area contributed by atoms with Gasteiger partial charge in [-0.25, -0.2) is 0 Å². The van der Waals surface area contributed by atoms with Crippen LogP contribution in [0.15, 0.2) is 29.8 Å². The number of aliphatic hydroxyl groups is 1. The van der Waals surface area contributed by atoms with Crippen LogP contribution in [0.2, 0.25) is 0 Å². The van der Waals surface area contributed by atoms with E-state index in [0.717, 1.165) is 61.8 Å². The van der Waals surface area contributed by atoms with Crippen molar-refractivity contribution in [1.29, 1.82) is 0 Å². The average Bonchev–Trinajstić information content (AvgIpc) is 3.04. The van der Waals surface area contributed by atoms with Crippen molar-refractivity contribution in [3.8, 4) is 0 Å². The second-order valence-electron chi connectivity index (χ2n) is 11.3. The fraction of sp³-hybridized carbons (Fsp3) is 0.679. The molecule has 4 nitrogen and oxygen atoms in total. The SMILES string of the molecule is COC[C@]1(O)CC[C@H]2[C@@H]3CCC4=C(c5ccccc5N(C)C)C(=O)CC[C@@H]4[C@H]3CC[C@@]21C. The first kappa shape index (κ1) is 22.2. The van der Waals surface area contributed by atoms with Gasteiger partial charge in [0.05, 0.1) is 12.2 Å². The average molecular weight is 438 g/mol. The number of methoxy groups -OCH3 is 1. The molecule has 4 aliphatic rings. The zero-order valence-electron chi connectivity index (χ0n) is 20.2. The molecule has 0 aliphatic heterocycles. The van der Waals surface area contributed by atoms with E-state index in [1.54, 1.807) is 7.11 Å². The molecule has 3 fully saturated rings. The summed E-state index contributed by atoms with van der Waals surface area (Å²) < 4.78 is 5.47. The molecule has 0 saturated heterocycles. The molecule has 0 radical (unpaired) electrons. The van der Waals surface area contributed by atoms with Crippen LogP contribution >= 0.6 is 0 Å². The molecule has 6 atom stereocenters. The molecular weight excluding hydrogens is 398 g/mol. The van der Waals surface area contributed by atoms with E-state index in [-0.39, 0.29) is 5.41 Å². The number of ether oxygens (including phenoxy) is 1. The van der Waals surface area contributed by atoms with Crippen molar-refractivity contribution in [2.45, 2.75) is 63.9 Å². The maximum Gasteiger partial charge on any atom is 0.163 e. The molecule has 0 aromatic heterocycles. The van der Waals surface area contributed by atoms with Gasteiger partial charge in [0.15, 0.2) is 5.78 Å². The van der Waals surface area contributed by atoms with Crippen LogP contribution in [0.25, 0.3) is 5.57 Å². The van der Waals surface area contributed by atoms with Gasteiger partial charge in [-0.15, -0.1) is 0 Å². The van der Waals surface area contributed by atoms with Crippen LogP contribution in [0.4, 0.5) is 5.69 Å². The number of Topliss-reactive ketones (excluding diaryl/α,β-unsaturated/α-hetero) is 1. The lowest BCUT2D eigenvalue weighted by molar-refractivity contribution is -0.144. The van der Waals surface area contributed by atoms with E-state index in [9.17, 15) is 9.90 Å². The summed E-state index contributed by atoms with van der Waals surface area (Å²) in [6.07, 6.45) is 8.06. The maximum atomic E-state index is 13.3. The Morgan fingerprint density at radius 3 is 2.59 bits per heavy atom. The summed E-state index contributed by atoms with van der Waals surface area (Å²) in [7, 11) is 5.84. The van der Waals surface area contributed by atoms with E-state index in [0.29, 0.717) is 42.5 Å². The standard InChI is InChI=1S/C28H39NO3/c1-27-15-13-19-18-11-12-25(30)26(22-7-5-6-8-24(22)29(2)3)21(18)10-9-20(19)23(27)14-16-28(27,31)17-32-4/h5-8,18-20,23,31H,9-17H2,1-4H3/t18-,19-,20-,23+,27+,28-/m1/s1. The summed E-state index contributed by atoms with van der Waals surface area (Å²) in [6.45, 7) is 2.78. The summed E-state index contributed by atoms with van der Waals surface area (Å²) in [6, 6.07) is 8.41. The van der Waals surface area contributed by atoms with Gasteiger partial charge in [-0.05, 0) is 74.7 Å². The van der Waals surface area contributed by atoms with Gasteiger partial charge in [0.1, 0.15) is 0 Å². The van der Waals surface area contributed by atoms with Crippen molar-refractivity contribution in [3.05, 3.63) is 35.4 Å². The number of carbonyl (C=O) groups excluding carboxylic acids is 1. The minimum Gasteiger partial charge on any atom is -0.387 e. The maximum absolute atomic E-state index is 13.3. The molecule has 4 aliphatic carbocycles. The minimum atomic E-state index is -0.689. The quantitative estimate of drug-likeness (QED) is 0.712. The summed E-state index contributed by atoms with van der Waals surface area (Å²) >= 11 is 0. The first-order valence-corrected chi connectivity index (χ1v) is 12.5. The number of ketones is 1. The molecule has 1 aromatic carbocycles. The van der Waals surface area contributed by atoms with E-state index in [4.69, 9.17) is 4.74 Å². The third kappa shape index (κ3) is 3.13. The Hall–Kier alpha value is -1.65. The smallest absolute Gasteiger partial charge is 0.163 e. The first-order valence-electron chi connectivity index (χ1n) is 12.5. The normalized spacial score (nSPS) is 38.8. The zero-order chi connectivity index (χ0) is 22.7. The number of nitrogens with zero attached hydrogens (tertiary/aromatic N) is 1. The van der Waals surface area contributed by atoms with E-state index >= 15 is 0 Å².